The Morgan fingerprint density at radius 1 is 1.11 bits per heavy atom. The van der Waals surface area contributed by atoms with Gasteiger partial charge >= 0.3 is 5.97 Å². The molecule has 0 radical (unpaired) electrons. The molecule has 5 unspecified atom stereocenters. The topological polar surface area (TPSA) is 174 Å². The number of benzene rings is 2. The summed E-state index contributed by atoms with van der Waals surface area (Å²) in [6.45, 7) is 4.27. The molecule has 0 saturated carbocycles. The Morgan fingerprint density at radius 2 is 1.78 bits per heavy atom. The summed E-state index contributed by atoms with van der Waals surface area (Å²) < 4.78 is 11.5. The van der Waals surface area contributed by atoms with Gasteiger partial charge in [0.15, 0.2) is 5.78 Å². The van der Waals surface area contributed by atoms with Crippen molar-refractivity contribution in [2.75, 3.05) is 6.61 Å². The standard InChI is InChI=1S/C27H36O10/c1-4-5-6-7-8-9-27(35)19(13-28)37-26(23(31)24(27)32)36-18-12-17(25(33)34)11-16-10-14(2)20(15(3)29)22(30)21(16)18/h10-12,19,23-24,26,28,30-32,35H,4-9,13H2,1-3H3,(H,33,34). The second-order valence-electron chi connectivity index (χ2n) is 9.74. The lowest BCUT2D eigenvalue weighted by molar-refractivity contribution is -0.315. The van der Waals surface area contributed by atoms with Gasteiger partial charge in [0.25, 0.3) is 0 Å². The summed E-state index contributed by atoms with van der Waals surface area (Å²) in [7, 11) is 0. The lowest BCUT2D eigenvalue weighted by Crippen LogP contribution is -2.67. The molecule has 3 rings (SSSR count). The van der Waals surface area contributed by atoms with Gasteiger partial charge in [-0.3, -0.25) is 4.79 Å². The number of hydrogen-bond donors (Lipinski definition) is 6. The third kappa shape index (κ3) is 5.73. The van der Waals surface area contributed by atoms with Crippen LogP contribution in [0, 0.1) is 6.92 Å². The smallest absolute Gasteiger partial charge is 0.335 e. The number of aliphatic hydroxyl groups is 4. The van der Waals surface area contributed by atoms with Crippen LogP contribution in [0.4, 0.5) is 0 Å². The number of phenols is 1. The van der Waals surface area contributed by atoms with Crippen molar-refractivity contribution in [2.45, 2.75) is 89.5 Å². The van der Waals surface area contributed by atoms with Crippen LogP contribution in [0.3, 0.4) is 0 Å². The number of aromatic hydroxyl groups is 1. The fourth-order valence-electron chi connectivity index (χ4n) is 5.02. The average molecular weight is 521 g/mol. The third-order valence-electron chi connectivity index (χ3n) is 7.03. The van der Waals surface area contributed by atoms with Gasteiger partial charge in [0.05, 0.1) is 23.1 Å². The number of carbonyl (C=O) groups is 2. The van der Waals surface area contributed by atoms with Gasteiger partial charge in [-0.15, -0.1) is 0 Å². The molecule has 37 heavy (non-hydrogen) atoms. The fraction of sp³-hybridized carbons (Fsp3) is 0.556. The van der Waals surface area contributed by atoms with Crippen molar-refractivity contribution in [3.05, 3.63) is 34.9 Å². The van der Waals surface area contributed by atoms with Gasteiger partial charge in [-0.2, -0.15) is 0 Å². The van der Waals surface area contributed by atoms with Crippen LogP contribution in [0.1, 0.15) is 78.7 Å². The summed E-state index contributed by atoms with van der Waals surface area (Å²) in [6, 6.07) is 3.95. The third-order valence-corrected chi connectivity index (χ3v) is 7.03. The number of hydrogen-bond acceptors (Lipinski definition) is 9. The molecule has 1 saturated heterocycles. The normalized spacial score (nSPS) is 25.8. The number of ketones is 1. The van der Waals surface area contributed by atoms with E-state index in [1.807, 2.05) is 0 Å². The van der Waals surface area contributed by atoms with Gasteiger partial charge in [0.2, 0.25) is 6.29 Å². The molecular weight excluding hydrogens is 484 g/mol. The molecule has 2 aromatic rings. The zero-order chi connectivity index (χ0) is 27.5. The Kier molecular flexibility index (Phi) is 9.14. The second-order valence-corrected chi connectivity index (χ2v) is 9.74. The number of carboxylic acid groups (broad SMARTS) is 1. The van der Waals surface area contributed by atoms with E-state index in [2.05, 4.69) is 6.92 Å². The maximum absolute atomic E-state index is 12.2. The number of rotatable bonds is 11. The van der Waals surface area contributed by atoms with Crippen molar-refractivity contribution in [3.63, 3.8) is 0 Å². The molecule has 5 atom stereocenters. The molecule has 0 bridgehead atoms. The van der Waals surface area contributed by atoms with E-state index >= 15 is 0 Å². The molecule has 1 aliphatic rings. The summed E-state index contributed by atoms with van der Waals surface area (Å²) in [5, 5.41) is 63.5. The summed E-state index contributed by atoms with van der Waals surface area (Å²) in [5.74, 6) is -2.34. The van der Waals surface area contributed by atoms with Gasteiger partial charge < -0.3 is 40.1 Å². The van der Waals surface area contributed by atoms with Crippen molar-refractivity contribution in [1.82, 2.24) is 0 Å². The lowest BCUT2D eigenvalue weighted by atomic mass is 9.80. The first kappa shape index (κ1) is 28.8. The molecular formula is C27H36O10. The number of fused-ring (bicyclic) bond motifs is 1. The average Bonchev–Trinajstić information content (AvgIpc) is 2.83. The number of aliphatic hydroxyl groups excluding tert-OH is 3. The monoisotopic (exact) mass is 520 g/mol. The van der Waals surface area contributed by atoms with E-state index in [0.717, 1.165) is 31.7 Å². The van der Waals surface area contributed by atoms with E-state index in [0.29, 0.717) is 12.0 Å². The van der Waals surface area contributed by atoms with Crippen LogP contribution in [-0.2, 0) is 4.74 Å². The number of aromatic carboxylic acids is 1. The zero-order valence-electron chi connectivity index (χ0n) is 21.3. The first-order valence-corrected chi connectivity index (χ1v) is 12.5. The number of Topliss-reactive ketones (excluding diaryl/α,β-unsaturated/α-hetero) is 1. The SMILES string of the molecule is CCCCCCCC1(O)C(CO)OC(Oc2cc(C(=O)O)cc3cc(C)c(C(C)=O)c(O)c23)C(O)C1O. The highest BCUT2D eigenvalue weighted by atomic mass is 16.7. The summed E-state index contributed by atoms with van der Waals surface area (Å²) in [6.07, 6.45) is -2.03. The highest BCUT2D eigenvalue weighted by Crippen LogP contribution is 2.41. The zero-order valence-corrected chi connectivity index (χ0v) is 21.3. The molecule has 1 heterocycles. The van der Waals surface area contributed by atoms with Gasteiger partial charge in [0.1, 0.15) is 35.4 Å². The summed E-state index contributed by atoms with van der Waals surface area (Å²) >= 11 is 0. The largest absolute Gasteiger partial charge is 0.506 e. The van der Waals surface area contributed by atoms with Crippen molar-refractivity contribution in [2.24, 2.45) is 0 Å². The first-order valence-electron chi connectivity index (χ1n) is 12.5. The van der Waals surface area contributed by atoms with E-state index in [1.165, 1.54) is 19.1 Å². The van der Waals surface area contributed by atoms with Gasteiger partial charge in [-0.1, -0.05) is 45.1 Å². The van der Waals surface area contributed by atoms with Gasteiger partial charge in [0, 0.05) is 0 Å². The van der Waals surface area contributed by atoms with E-state index < -0.39 is 54.3 Å². The minimum atomic E-state index is -1.94. The second kappa shape index (κ2) is 11.7. The Labute approximate surface area is 215 Å². The Morgan fingerprint density at radius 3 is 2.38 bits per heavy atom. The number of carbonyl (C=O) groups excluding carboxylic acids is 1. The van der Waals surface area contributed by atoms with Crippen LogP contribution < -0.4 is 4.74 Å². The van der Waals surface area contributed by atoms with Crippen molar-refractivity contribution >= 4 is 22.5 Å². The van der Waals surface area contributed by atoms with Crippen molar-refractivity contribution in [3.8, 4) is 11.5 Å². The summed E-state index contributed by atoms with van der Waals surface area (Å²) in [4.78, 5) is 23.9. The molecule has 2 aromatic carbocycles. The Balaban J connectivity index is 1.98. The van der Waals surface area contributed by atoms with Crippen LogP contribution in [0.25, 0.3) is 10.8 Å². The molecule has 204 valence electrons. The highest BCUT2D eigenvalue weighted by molar-refractivity contribution is 6.08. The fourth-order valence-corrected chi connectivity index (χ4v) is 5.02. The molecule has 10 heteroatoms. The number of unbranched alkanes of at least 4 members (excludes halogenated alkanes) is 4. The Bertz CT molecular complexity index is 1140. The summed E-state index contributed by atoms with van der Waals surface area (Å²) in [5.41, 5.74) is -1.67. The van der Waals surface area contributed by atoms with Crippen LogP contribution in [0.5, 0.6) is 11.5 Å². The molecule has 0 aliphatic carbocycles. The molecule has 0 aromatic heterocycles. The van der Waals surface area contributed by atoms with Gasteiger partial charge in [-0.25, -0.2) is 4.79 Å². The van der Waals surface area contributed by atoms with Crippen molar-refractivity contribution in [1.29, 1.82) is 0 Å². The van der Waals surface area contributed by atoms with Crippen LogP contribution in [0.15, 0.2) is 18.2 Å². The van der Waals surface area contributed by atoms with Gasteiger partial charge in [-0.05, 0) is 43.4 Å². The lowest BCUT2D eigenvalue weighted by Gasteiger charge is -2.47. The minimum Gasteiger partial charge on any atom is -0.506 e. The molecule has 6 N–H and O–H groups in total. The predicted molar refractivity (Wildman–Crippen MR) is 134 cm³/mol. The maximum atomic E-state index is 12.2. The minimum absolute atomic E-state index is 0.0170. The number of aryl methyl sites for hydroxylation is 1. The molecule has 0 spiro atoms. The Hall–Kier alpha value is -2.76. The number of phenolic OH excluding ortho intramolecular Hbond substituents is 1. The number of carboxylic acids is 1. The number of ether oxygens (including phenoxy) is 2. The highest BCUT2D eigenvalue weighted by Gasteiger charge is 2.55. The van der Waals surface area contributed by atoms with Crippen LogP contribution in [-0.4, -0.2) is 79.2 Å². The van der Waals surface area contributed by atoms with E-state index in [4.69, 9.17) is 9.47 Å². The van der Waals surface area contributed by atoms with Crippen LogP contribution in [0.2, 0.25) is 0 Å². The van der Waals surface area contributed by atoms with Crippen molar-refractivity contribution < 1.29 is 49.7 Å². The molecule has 0 amide bonds. The maximum Gasteiger partial charge on any atom is 0.335 e. The van der Waals surface area contributed by atoms with E-state index in [-0.39, 0.29) is 34.1 Å². The van der Waals surface area contributed by atoms with E-state index in [9.17, 15) is 40.2 Å². The quantitative estimate of drug-likeness (QED) is 0.191. The predicted octanol–water partition coefficient (Wildman–Crippen LogP) is 2.66. The van der Waals surface area contributed by atoms with Crippen LogP contribution >= 0.6 is 0 Å². The van der Waals surface area contributed by atoms with E-state index in [1.54, 1.807) is 6.92 Å². The molecule has 1 aliphatic heterocycles. The molecule has 10 nitrogen and oxygen atoms in total. The first-order chi connectivity index (χ1) is 17.5. The molecule has 1 fully saturated rings.